The number of rotatable bonds is 6. The van der Waals surface area contributed by atoms with Crippen LogP contribution < -0.4 is 0 Å². The highest BCUT2D eigenvalue weighted by Gasteiger charge is 2.21. The maximum atomic E-state index is 10.5. The summed E-state index contributed by atoms with van der Waals surface area (Å²) >= 11 is 0. The van der Waals surface area contributed by atoms with Crippen molar-refractivity contribution in [1.29, 1.82) is 0 Å². The Kier molecular flexibility index (Phi) is 5.58. The van der Waals surface area contributed by atoms with Gasteiger partial charge in [0.05, 0.1) is 12.0 Å². The van der Waals surface area contributed by atoms with Gasteiger partial charge in [-0.05, 0) is 25.2 Å². The summed E-state index contributed by atoms with van der Waals surface area (Å²) < 4.78 is 0. The van der Waals surface area contributed by atoms with E-state index in [1.54, 1.807) is 6.08 Å². The Bertz CT molecular complexity index is 229. The summed E-state index contributed by atoms with van der Waals surface area (Å²) in [4.78, 5) is 10.5. The molecular weight excluding hydrogens is 192 g/mol. The van der Waals surface area contributed by atoms with E-state index in [1.807, 2.05) is 6.08 Å². The predicted molar refractivity (Wildman–Crippen MR) is 60.6 cm³/mol. The van der Waals surface area contributed by atoms with E-state index < -0.39 is 11.6 Å². The van der Waals surface area contributed by atoms with Crippen LogP contribution in [0, 0.1) is 11.8 Å². The normalized spacial score (nSPS) is 18.0. The second-order valence-corrected chi connectivity index (χ2v) is 4.60. The fourth-order valence-corrected chi connectivity index (χ4v) is 1.53. The van der Waals surface area contributed by atoms with Crippen LogP contribution in [0.15, 0.2) is 12.2 Å². The first-order valence-corrected chi connectivity index (χ1v) is 5.42. The Labute approximate surface area is 91.8 Å². The number of aliphatic hydroxyl groups is 1. The van der Waals surface area contributed by atoms with E-state index in [4.69, 9.17) is 5.11 Å². The minimum Gasteiger partial charge on any atom is -0.481 e. The Hall–Kier alpha value is -0.830. The van der Waals surface area contributed by atoms with Crippen molar-refractivity contribution in [3.63, 3.8) is 0 Å². The van der Waals surface area contributed by atoms with Crippen LogP contribution in [0.5, 0.6) is 0 Å². The van der Waals surface area contributed by atoms with Crippen molar-refractivity contribution >= 4 is 5.97 Å². The number of hydrogen-bond acceptors (Lipinski definition) is 2. The molecule has 3 heteroatoms. The Balaban J connectivity index is 4.41. The van der Waals surface area contributed by atoms with Gasteiger partial charge < -0.3 is 10.2 Å². The molecule has 0 saturated heterocycles. The summed E-state index contributed by atoms with van der Waals surface area (Å²) in [6.45, 7) is 7.83. The second-order valence-electron chi connectivity index (χ2n) is 4.60. The zero-order chi connectivity index (χ0) is 12.1. The van der Waals surface area contributed by atoms with E-state index in [2.05, 4.69) is 20.8 Å². The first-order chi connectivity index (χ1) is 6.78. The van der Waals surface area contributed by atoms with E-state index in [0.29, 0.717) is 11.8 Å². The molecule has 0 aromatic heterocycles. The van der Waals surface area contributed by atoms with Crippen molar-refractivity contribution in [3.05, 3.63) is 12.2 Å². The fourth-order valence-electron chi connectivity index (χ4n) is 1.53. The van der Waals surface area contributed by atoms with Gasteiger partial charge in [0.1, 0.15) is 0 Å². The molecule has 3 nitrogen and oxygen atoms in total. The molecule has 0 aliphatic carbocycles. The number of aliphatic carboxylic acids is 1. The van der Waals surface area contributed by atoms with Crippen LogP contribution >= 0.6 is 0 Å². The molecule has 0 bridgehead atoms. The van der Waals surface area contributed by atoms with Gasteiger partial charge >= 0.3 is 5.97 Å². The van der Waals surface area contributed by atoms with Crippen LogP contribution in [0.25, 0.3) is 0 Å². The van der Waals surface area contributed by atoms with Gasteiger partial charge in [0.2, 0.25) is 0 Å². The Morgan fingerprint density at radius 3 is 2.33 bits per heavy atom. The lowest BCUT2D eigenvalue weighted by Gasteiger charge is -2.19. The van der Waals surface area contributed by atoms with Crippen molar-refractivity contribution in [2.75, 3.05) is 0 Å². The molecule has 2 N–H and O–H groups in total. The zero-order valence-corrected chi connectivity index (χ0v) is 10.0. The minimum atomic E-state index is -1.24. The average molecular weight is 214 g/mol. The second kappa shape index (κ2) is 5.91. The van der Waals surface area contributed by atoms with Crippen molar-refractivity contribution in [3.8, 4) is 0 Å². The fraction of sp³-hybridized carbons (Fsp3) is 0.750. The average Bonchev–Trinajstić information content (AvgIpc) is 2.01. The van der Waals surface area contributed by atoms with Gasteiger partial charge in [-0.25, -0.2) is 0 Å². The molecular formula is C12H22O3. The Morgan fingerprint density at radius 1 is 1.47 bits per heavy atom. The molecule has 0 aliphatic rings. The molecule has 0 saturated carbocycles. The largest absolute Gasteiger partial charge is 0.481 e. The Morgan fingerprint density at radius 2 is 2.00 bits per heavy atom. The smallest absolute Gasteiger partial charge is 0.306 e. The van der Waals surface area contributed by atoms with Crippen LogP contribution in [0.3, 0.4) is 0 Å². The SMILES string of the molecule is CCC(C=CC(C)(O)CC(=O)O)C(C)C. The first kappa shape index (κ1) is 14.2. The van der Waals surface area contributed by atoms with Gasteiger partial charge in [-0.15, -0.1) is 0 Å². The van der Waals surface area contributed by atoms with Gasteiger partial charge in [-0.2, -0.15) is 0 Å². The lowest BCUT2D eigenvalue weighted by atomic mass is 9.90. The van der Waals surface area contributed by atoms with E-state index in [-0.39, 0.29) is 6.42 Å². The number of hydrogen-bond donors (Lipinski definition) is 2. The van der Waals surface area contributed by atoms with Crippen LogP contribution in [0.1, 0.15) is 40.5 Å². The lowest BCUT2D eigenvalue weighted by Crippen LogP contribution is -2.25. The standard InChI is InChI=1S/C12H22O3/c1-5-10(9(2)3)6-7-12(4,15)8-11(13)14/h6-7,9-10,15H,5,8H2,1-4H3,(H,13,14). The highest BCUT2D eigenvalue weighted by atomic mass is 16.4. The van der Waals surface area contributed by atoms with Crippen LogP contribution in [0.2, 0.25) is 0 Å². The summed E-state index contributed by atoms with van der Waals surface area (Å²) in [6.07, 6.45) is 4.28. The molecule has 2 unspecified atom stereocenters. The molecule has 0 aromatic rings. The summed E-state index contributed by atoms with van der Waals surface area (Å²) in [7, 11) is 0. The molecule has 2 atom stereocenters. The molecule has 0 heterocycles. The van der Waals surface area contributed by atoms with E-state index in [1.165, 1.54) is 6.92 Å². The van der Waals surface area contributed by atoms with Crippen molar-refractivity contribution < 1.29 is 15.0 Å². The molecule has 0 rings (SSSR count). The van der Waals surface area contributed by atoms with E-state index in [9.17, 15) is 9.90 Å². The van der Waals surface area contributed by atoms with Crippen LogP contribution in [-0.2, 0) is 4.79 Å². The third-order valence-corrected chi connectivity index (χ3v) is 2.54. The molecule has 0 aliphatic heterocycles. The predicted octanol–water partition coefficient (Wildman–Crippen LogP) is 2.45. The topological polar surface area (TPSA) is 57.5 Å². The van der Waals surface area contributed by atoms with Crippen LogP contribution in [-0.4, -0.2) is 21.8 Å². The zero-order valence-electron chi connectivity index (χ0n) is 10.0. The summed E-state index contributed by atoms with van der Waals surface area (Å²) in [5.74, 6) is -0.0839. The molecule has 0 amide bonds. The van der Waals surface area contributed by atoms with Gasteiger partial charge in [-0.1, -0.05) is 32.9 Å². The molecule has 15 heavy (non-hydrogen) atoms. The number of allylic oxidation sites excluding steroid dienone is 1. The molecule has 0 fully saturated rings. The van der Waals surface area contributed by atoms with Crippen molar-refractivity contribution in [2.45, 2.75) is 46.1 Å². The summed E-state index contributed by atoms with van der Waals surface area (Å²) in [6, 6.07) is 0. The van der Waals surface area contributed by atoms with Gasteiger partial charge in [0.25, 0.3) is 0 Å². The molecule has 0 spiro atoms. The molecule has 0 radical (unpaired) electrons. The quantitative estimate of drug-likeness (QED) is 0.668. The third kappa shape index (κ3) is 6.28. The first-order valence-electron chi connectivity index (χ1n) is 5.42. The van der Waals surface area contributed by atoms with Gasteiger partial charge in [0, 0.05) is 0 Å². The highest BCUT2D eigenvalue weighted by Crippen LogP contribution is 2.19. The lowest BCUT2D eigenvalue weighted by molar-refractivity contribution is -0.140. The number of carboxylic acid groups (broad SMARTS) is 1. The number of carbonyl (C=O) groups is 1. The van der Waals surface area contributed by atoms with E-state index >= 15 is 0 Å². The third-order valence-electron chi connectivity index (χ3n) is 2.54. The monoisotopic (exact) mass is 214 g/mol. The van der Waals surface area contributed by atoms with Gasteiger partial charge in [0.15, 0.2) is 0 Å². The highest BCUT2D eigenvalue weighted by molar-refractivity contribution is 5.68. The maximum absolute atomic E-state index is 10.5. The van der Waals surface area contributed by atoms with Crippen molar-refractivity contribution in [2.24, 2.45) is 11.8 Å². The maximum Gasteiger partial charge on any atom is 0.306 e. The molecule has 0 aromatic carbocycles. The summed E-state index contributed by atoms with van der Waals surface area (Å²) in [5.41, 5.74) is -1.24. The minimum absolute atomic E-state index is 0.252. The van der Waals surface area contributed by atoms with Crippen LogP contribution in [0.4, 0.5) is 0 Å². The summed E-state index contributed by atoms with van der Waals surface area (Å²) in [5, 5.41) is 18.3. The van der Waals surface area contributed by atoms with Crippen molar-refractivity contribution in [1.82, 2.24) is 0 Å². The van der Waals surface area contributed by atoms with Gasteiger partial charge in [-0.3, -0.25) is 4.79 Å². The van der Waals surface area contributed by atoms with E-state index in [0.717, 1.165) is 6.42 Å². The molecule has 88 valence electrons. The number of carboxylic acids is 1.